The van der Waals surface area contributed by atoms with E-state index in [0.717, 1.165) is 25.7 Å². The van der Waals surface area contributed by atoms with Gasteiger partial charge in [0.1, 0.15) is 6.10 Å². The second kappa shape index (κ2) is 9.42. The number of nitrogens with zero attached hydrogens (tertiary/aromatic N) is 1. The quantitative estimate of drug-likeness (QED) is 0.749. The van der Waals surface area contributed by atoms with Crippen LogP contribution in [0.25, 0.3) is 0 Å². The molecule has 1 amide bonds. The maximum absolute atomic E-state index is 12.5. The van der Waals surface area contributed by atoms with Crippen molar-refractivity contribution >= 4 is 5.91 Å². The van der Waals surface area contributed by atoms with Crippen molar-refractivity contribution in [1.82, 2.24) is 4.90 Å². The molecule has 1 rings (SSSR count). The molecule has 0 aromatic carbocycles. The molecule has 0 radical (unpaired) electrons. The number of nitrogens with two attached hydrogens (primary N) is 1. The monoisotopic (exact) mass is 298 g/mol. The molecule has 4 heteroatoms. The van der Waals surface area contributed by atoms with E-state index in [9.17, 15) is 4.79 Å². The molecule has 1 aliphatic carbocycles. The molecule has 2 atom stereocenters. The van der Waals surface area contributed by atoms with Crippen molar-refractivity contribution < 1.29 is 9.53 Å². The van der Waals surface area contributed by atoms with Crippen molar-refractivity contribution in [1.29, 1.82) is 0 Å². The van der Waals surface area contributed by atoms with Crippen LogP contribution in [0.3, 0.4) is 0 Å². The highest BCUT2D eigenvalue weighted by Crippen LogP contribution is 2.22. The highest BCUT2D eigenvalue weighted by Gasteiger charge is 2.26. The Balaban J connectivity index is 2.41. The molecule has 0 spiro atoms. The number of carbonyl (C=O) groups excluding carboxylic acids is 1. The smallest absolute Gasteiger partial charge is 0.251 e. The van der Waals surface area contributed by atoms with Gasteiger partial charge in [0, 0.05) is 19.6 Å². The normalized spacial score (nSPS) is 19.5. The lowest BCUT2D eigenvalue weighted by atomic mass is 9.97. The summed E-state index contributed by atoms with van der Waals surface area (Å²) in [4.78, 5) is 14.3. The maximum Gasteiger partial charge on any atom is 0.251 e. The van der Waals surface area contributed by atoms with Gasteiger partial charge in [-0.05, 0) is 31.6 Å². The summed E-state index contributed by atoms with van der Waals surface area (Å²) in [5, 5.41) is 0. The molecule has 124 valence electrons. The van der Waals surface area contributed by atoms with E-state index in [2.05, 4.69) is 13.8 Å². The number of likely N-dealkylation sites (N-methyl/N-ethyl adjacent to an activating group) is 1. The standard InChI is InChI=1S/C17H34N2O2/c1-5-16(21-14-9-7-6-8-10-14)17(20)19(4)12-11-15(18)13(2)3/h13-16H,5-12,18H2,1-4H3. The van der Waals surface area contributed by atoms with Gasteiger partial charge < -0.3 is 15.4 Å². The average molecular weight is 298 g/mol. The molecule has 2 N–H and O–H groups in total. The number of hydrogen-bond acceptors (Lipinski definition) is 3. The van der Waals surface area contributed by atoms with Gasteiger partial charge in [-0.3, -0.25) is 4.79 Å². The van der Waals surface area contributed by atoms with E-state index in [1.54, 1.807) is 4.90 Å². The van der Waals surface area contributed by atoms with Crippen LogP contribution in [0.1, 0.15) is 65.7 Å². The fourth-order valence-corrected chi connectivity index (χ4v) is 2.79. The molecule has 0 aliphatic heterocycles. The molecule has 1 fully saturated rings. The number of hydrogen-bond donors (Lipinski definition) is 1. The molecule has 1 aliphatic rings. The minimum Gasteiger partial charge on any atom is -0.365 e. The molecule has 4 nitrogen and oxygen atoms in total. The lowest BCUT2D eigenvalue weighted by molar-refractivity contribution is -0.148. The third-order valence-corrected chi connectivity index (χ3v) is 4.59. The SMILES string of the molecule is CCC(OC1CCCCC1)C(=O)N(C)CCC(N)C(C)C. The zero-order valence-corrected chi connectivity index (χ0v) is 14.3. The predicted octanol–water partition coefficient (Wildman–Crippen LogP) is 2.95. The summed E-state index contributed by atoms with van der Waals surface area (Å²) >= 11 is 0. The van der Waals surface area contributed by atoms with Gasteiger partial charge in [-0.1, -0.05) is 40.0 Å². The first-order chi connectivity index (χ1) is 9.95. The molecule has 2 unspecified atom stereocenters. The topological polar surface area (TPSA) is 55.6 Å². The van der Waals surface area contributed by atoms with E-state index in [-0.39, 0.29) is 24.2 Å². The molecular weight excluding hydrogens is 264 g/mol. The van der Waals surface area contributed by atoms with Crippen LogP contribution in [0.15, 0.2) is 0 Å². The van der Waals surface area contributed by atoms with Gasteiger partial charge >= 0.3 is 0 Å². The second-order valence-electron chi connectivity index (χ2n) is 6.75. The van der Waals surface area contributed by atoms with Gasteiger partial charge in [-0.2, -0.15) is 0 Å². The van der Waals surface area contributed by atoms with Gasteiger partial charge in [-0.25, -0.2) is 0 Å². The summed E-state index contributed by atoms with van der Waals surface area (Å²) in [7, 11) is 1.86. The summed E-state index contributed by atoms with van der Waals surface area (Å²) in [6, 6.07) is 0.152. The maximum atomic E-state index is 12.5. The third-order valence-electron chi connectivity index (χ3n) is 4.59. The zero-order valence-electron chi connectivity index (χ0n) is 14.3. The van der Waals surface area contributed by atoms with Gasteiger partial charge in [0.25, 0.3) is 5.91 Å². The molecule has 0 aromatic heterocycles. The lowest BCUT2D eigenvalue weighted by Gasteiger charge is -2.29. The van der Waals surface area contributed by atoms with Crippen molar-refractivity contribution in [2.24, 2.45) is 11.7 Å². The average Bonchev–Trinajstić information content (AvgIpc) is 2.50. The van der Waals surface area contributed by atoms with Crippen molar-refractivity contribution in [2.75, 3.05) is 13.6 Å². The highest BCUT2D eigenvalue weighted by atomic mass is 16.5. The molecule has 0 aromatic rings. The Labute approximate surface area is 130 Å². The molecule has 21 heavy (non-hydrogen) atoms. The Hall–Kier alpha value is -0.610. The number of amides is 1. The van der Waals surface area contributed by atoms with Crippen LogP contribution in [-0.4, -0.2) is 42.6 Å². The number of rotatable bonds is 8. The second-order valence-corrected chi connectivity index (χ2v) is 6.75. The third kappa shape index (κ3) is 6.35. The van der Waals surface area contributed by atoms with Crippen LogP contribution in [0, 0.1) is 5.92 Å². The summed E-state index contributed by atoms with van der Waals surface area (Å²) < 4.78 is 6.06. The van der Waals surface area contributed by atoms with Crippen molar-refractivity contribution in [3.63, 3.8) is 0 Å². The van der Waals surface area contributed by atoms with Crippen molar-refractivity contribution in [3.8, 4) is 0 Å². The first-order valence-corrected chi connectivity index (χ1v) is 8.61. The van der Waals surface area contributed by atoms with Crippen molar-refractivity contribution in [3.05, 3.63) is 0 Å². The fraction of sp³-hybridized carbons (Fsp3) is 0.941. The first kappa shape index (κ1) is 18.4. The summed E-state index contributed by atoms with van der Waals surface area (Å²) in [6.07, 6.45) is 7.56. The minimum atomic E-state index is -0.284. The Morgan fingerprint density at radius 2 is 1.90 bits per heavy atom. The fourth-order valence-electron chi connectivity index (χ4n) is 2.79. The van der Waals surface area contributed by atoms with Crippen molar-refractivity contribution in [2.45, 2.75) is 84.0 Å². The Kier molecular flexibility index (Phi) is 8.27. The van der Waals surface area contributed by atoms with E-state index >= 15 is 0 Å². The summed E-state index contributed by atoms with van der Waals surface area (Å²) in [6.45, 7) is 6.98. The van der Waals surface area contributed by atoms with Gasteiger partial charge in [0.05, 0.1) is 6.10 Å². The highest BCUT2D eigenvalue weighted by molar-refractivity contribution is 5.80. The largest absolute Gasteiger partial charge is 0.365 e. The van der Waals surface area contributed by atoms with Gasteiger partial charge in [-0.15, -0.1) is 0 Å². The molecule has 0 saturated heterocycles. The lowest BCUT2D eigenvalue weighted by Crippen LogP contribution is -2.42. The van der Waals surface area contributed by atoms with Crippen LogP contribution >= 0.6 is 0 Å². The Morgan fingerprint density at radius 1 is 1.29 bits per heavy atom. The van der Waals surface area contributed by atoms with Crippen LogP contribution < -0.4 is 5.73 Å². The molecule has 0 heterocycles. The van der Waals surface area contributed by atoms with Gasteiger partial charge in [0.15, 0.2) is 0 Å². The van der Waals surface area contributed by atoms with Gasteiger partial charge in [0.2, 0.25) is 0 Å². The first-order valence-electron chi connectivity index (χ1n) is 8.61. The van der Waals surface area contributed by atoms with Crippen LogP contribution in [0.2, 0.25) is 0 Å². The zero-order chi connectivity index (χ0) is 15.8. The van der Waals surface area contributed by atoms with Crippen LogP contribution in [0.5, 0.6) is 0 Å². The Bertz CT molecular complexity index is 301. The summed E-state index contributed by atoms with van der Waals surface area (Å²) in [5.41, 5.74) is 6.05. The predicted molar refractivity (Wildman–Crippen MR) is 87.1 cm³/mol. The molecule has 1 saturated carbocycles. The van der Waals surface area contributed by atoms with E-state index in [1.165, 1.54) is 19.3 Å². The van der Waals surface area contributed by atoms with E-state index in [0.29, 0.717) is 12.5 Å². The van der Waals surface area contributed by atoms with E-state index in [1.807, 2.05) is 14.0 Å². The van der Waals surface area contributed by atoms with E-state index in [4.69, 9.17) is 10.5 Å². The molecular formula is C17H34N2O2. The molecule has 0 bridgehead atoms. The number of ether oxygens (including phenoxy) is 1. The minimum absolute atomic E-state index is 0.110. The van der Waals surface area contributed by atoms with E-state index < -0.39 is 0 Å². The van der Waals surface area contributed by atoms with Crippen LogP contribution in [0.4, 0.5) is 0 Å². The van der Waals surface area contributed by atoms with Crippen LogP contribution in [-0.2, 0) is 9.53 Å². The summed E-state index contributed by atoms with van der Waals surface area (Å²) in [5.74, 6) is 0.563. The Morgan fingerprint density at radius 3 is 2.43 bits per heavy atom. The number of carbonyl (C=O) groups is 1.